The molecule has 2 atom stereocenters. The molecule has 1 aromatic carbocycles. The predicted octanol–water partition coefficient (Wildman–Crippen LogP) is 2.17. The zero-order valence-electron chi connectivity index (χ0n) is 12.3. The third-order valence-corrected chi connectivity index (χ3v) is 4.13. The van der Waals surface area contributed by atoms with Gasteiger partial charge in [-0.3, -0.25) is 9.59 Å². The summed E-state index contributed by atoms with van der Waals surface area (Å²) in [6.07, 6.45) is 2.96. The summed E-state index contributed by atoms with van der Waals surface area (Å²) in [5, 5.41) is 2.90. The highest BCUT2D eigenvalue weighted by Crippen LogP contribution is 2.24. The first-order valence-corrected chi connectivity index (χ1v) is 7.49. The van der Waals surface area contributed by atoms with Crippen LogP contribution in [0.1, 0.15) is 42.5 Å². The lowest BCUT2D eigenvalue weighted by Crippen LogP contribution is -2.39. The van der Waals surface area contributed by atoms with E-state index >= 15 is 0 Å². The third-order valence-electron chi connectivity index (χ3n) is 4.13. The SMILES string of the molecule is NCC1CCCC1NC(=O)CCC(=O)c1ccc(F)c(F)c1. The van der Waals surface area contributed by atoms with Crippen LogP contribution >= 0.6 is 0 Å². The molecule has 1 fully saturated rings. The van der Waals surface area contributed by atoms with Crippen LogP contribution in [-0.4, -0.2) is 24.3 Å². The van der Waals surface area contributed by atoms with Gasteiger partial charge in [0.05, 0.1) is 0 Å². The summed E-state index contributed by atoms with van der Waals surface area (Å²) in [5.41, 5.74) is 5.73. The molecule has 120 valence electrons. The second-order valence-electron chi connectivity index (χ2n) is 5.65. The molecule has 0 aliphatic heterocycles. The summed E-state index contributed by atoms with van der Waals surface area (Å²) in [4.78, 5) is 23.8. The van der Waals surface area contributed by atoms with Crippen LogP contribution < -0.4 is 11.1 Å². The van der Waals surface area contributed by atoms with Gasteiger partial charge >= 0.3 is 0 Å². The Bertz CT molecular complexity index is 563. The van der Waals surface area contributed by atoms with Gasteiger partial charge in [-0.1, -0.05) is 6.42 Å². The van der Waals surface area contributed by atoms with Crippen molar-refractivity contribution in [1.29, 1.82) is 0 Å². The third kappa shape index (κ3) is 4.10. The molecule has 0 bridgehead atoms. The Labute approximate surface area is 128 Å². The Morgan fingerprint density at radius 2 is 1.95 bits per heavy atom. The Hall–Kier alpha value is -1.82. The van der Waals surface area contributed by atoms with E-state index in [1.165, 1.54) is 6.07 Å². The van der Waals surface area contributed by atoms with Crippen molar-refractivity contribution in [3.8, 4) is 0 Å². The molecular formula is C16H20F2N2O2. The van der Waals surface area contributed by atoms with Gasteiger partial charge in [0.25, 0.3) is 0 Å². The monoisotopic (exact) mass is 310 g/mol. The molecule has 1 saturated carbocycles. The fourth-order valence-corrected chi connectivity index (χ4v) is 2.83. The summed E-state index contributed by atoms with van der Waals surface area (Å²) in [6, 6.07) is 3.07. The minimum absolute atomic E-state index is 0.0308. The molecule has 1 amide bonds. The number of rotatable bonds is 6. The number of nitrogens with one attached hydrogen (secondary N) is 1. The fourth-order valence-electron chi connectivity index (χ4n) is 2.83. The number of hydrogen-bond acceptors (Lipinski definition) is 3. The zero-order valence-corrected chi connectivity index (χ0v) is 12.3. The molecule has 1 aliphatic rings. The van der Waals surface area contributed by atoms with E-state index in [1.807, 2.05) is 0 Å². The second-order valence-corrected chi connectivity index (χ2v) is 5.65. The largest absolute Gasteiger partial charge is 0.353 e. The molecule has 2 rings (SSSR count). The second kappa shape index (κ2) is 7.45. The van der Waals surface area contributed by atoms with Gasteiger partial charge in [-0.05, 0) is 43.5 Å². The molecule has 4 nitrogen and oxygen atoms in total. The van der Waals surface area contributed by atoms with E-state index in [0.29, 0.717) is 12.5 Å². The van der Waals surface area contributed by atoms with Crippen molar-refractivity contribution in [2.75, 3.05) is 6.54 Å². The molecule has 3 N–H and O–H groups in total. The van der Waals surface area contributed by atoms with E-state index in [0.717, 1.165) is 31.4 Å². The van der Waals surface area contributed by atoms with Crippen molar-refractivity contribution in [2.45, 2.75) is 38.1 Å². The molecule has 0 saturated heterocycles. The number of carbonyl (C=O) groups excluding carboxylic acids is 2. The van der Waals surface area contributed by atoms with E-state index in [-0.39, 0.29) is 36.1 Å². The maximum Gasteiger partial charge on any atom is 0.220 e. The van der Waals surface area contributed by atoms with E-state index < -0.39 is 11.6 Å². The lowest BCUT2D eigenvalue weighted by atomic mass is 10.0. The molecule has 0 spiro atoms. The van der Waals surface area contributed by atoms with Crippen LogP contribution in [0.3, 0.4) is 0 Å². The zero-order chi connectivity index (χ0) is 16.1. The highest BCUT2D eigenvalue weighted by Gasteiger charge is 2.27. The Morgan fingerprint density at radius 1 is 1.18 bits per heavy atom. The Kier molecular flexibility index (Phi) is 5.60. The van der Waals surface area contributed by atoms with Crippen LogP contribution in [0.4, 0.5) is 8.78 Å². The van der Waals surface area contributed by atoms with Gasteiger partial charge in [0, 0.05) is 24.4 Å². The standard InChI is InChI=1S/C16H20F2N2O2/c17-12-5-4-10(8-13(12)18)15(21)6-7-16(22)20-14-3-1-2-11(14)9-19/h4-5,8,11,14H,1-3,6-7,9,19H2,(H,20,22). The number of hydrogen-bond donors (Lipinski definition) is 2. The van der Waals surface area contributed by atoms with Gasteiger partial charge in [-0.25, -0.2) is 8.78 Å². The van der Waals surface area contributed by atoms with Gasteiger partial charge in [-0.15, -0.1) is 0 Å². The Morgan fingerprint density at radius 3 is 2.64 bits per heavy atom. The summed E-state index contributed by atoms with van der Waals surface area (Å²) >= 11 is 0. The van der Waals surface area contributed by atoms with Gasteiger partial charge in [0.15, 0.2) is 17.4 Å². The van der Waals surface area contributed by atoms with E-state index in [2.05, 4.69) is 5.32 Å². The molecule has 2 unspecified atom stereocenters. The first kappa shape index (κ1) is 16.5. The molecule has 0 heterocycles. The number of ketones is 1. The number of halogens is 2. The van der Waals surface area contributed by atoms with Crippen molar-refractivity contribution in [3.05, 3.63) is 35.4 Å². The minimum Gasteiger partial charge on any atom is -0.353 e. The van der Waals surface area contributed by atoms with Crippen molar-refractivity contribution in [1.82, 2.24) is 5.32 Å². The predicted molar refractivity (Wildman–Crippen MR) is 78.2 cm³/mol. The molecule has 1 aromatic rings. The highest BCUT2D eigenvalue weighted by molar-refractivity contribution is 5.97. The lowest BCUT2D eigenvalue weighted by Gasteiger charge is -2.19. The maximum atomic E-state index is 13.1. The molecule has 0 aromatic heterocycles. The number of amides is 1. The van der Waals surface area contributed by atoms with Gasteiger partial charge in [0.2, 0.25) is 5.91 Å². The number of Topliss-reactive ketones (excluding diaryl/α,β-unsaturated/α-hetero) is 1. The van der Waals surface area contributed by atoms with Crippen LogP contribution in [0.2, 0.25) is 0 Å². The van der Waals surface area contributed by atoms with Crippen molar-refractivity contribution in [3.63, 3.8) is 0 Å². The Balaban J connectivity index is 1.82. The fraction of sp³-hybridized carbons (Fsp3) is 0.500. The quantitative estimate of drug-likeness (QED) is 0.791. The molecule has 22 heavy (non-hydrogen) atoms. The summed E-state index contributed by atoms with van der Waals surface area (Å²) in [7, 11) is 0. The number of carbonyl (C=O) groups is 2. The van der Waals surface area contributed by atoms with Gasteiger partial charge in [0.1, 0.15) is 0 Å². The van der Waals surface area contributed by atoms with E-state index in [1.54, 1.807) is 0 Å². The normalized spacial score (nSPS) is 20.9. The maximum absolute atomic E-state index is 13.1. The van der Waals surface area contributed by atoms with Crippen LogP contribution in [0.15, 0.2) is 18.2 Å². The van der Waals surface area contributed by atoms with Crippen LogP contribution in [0.5, 0.6) is 0 Å². The first-order chi connectivity index (χ1) is 10.5. The topological polar surface area (TPSA) is 72.2 Å². The van der Waals surface area contributed by atoms with E-state index in [9.17, 15) is 18.4 Å². The summed E-state index contributed by atoms with van der Waals surface area (Å²) in [6.45, 7) is 0.540. The van der Waals surface area contributed by atoms with Crippen molar-refractivity contribution < 1.29 is 18.4 Å². The van der Waals surface area contributed by atoms with Crippen molar-refractivity contribution in [2.24, 2.45) is 11.7 Å². The van der Waals surface area contributed by atoms with Crippen LogP contribution in [-0.2, 0) is 4.79 Å². The van der Waals surface area contributed by atoms with Crippen LogP contribution in [0.25, 0.3) is 0 Å². The number of benzene rings is 1. The molecule has 0 radical (unpaired) electrons. The average molecular weight is 310 g/mol. The lowest BCUT2D eigenvalue weighted by molar-refractivity contribution is -0.122. The van der Waals surface area contributed by atoms with Crippen LogP contribution in [0, 0.1) is 17.6 Å². The molecule has 1 aliphatic carbocycles. The first-order valence-electron chi connectivity index (χ1n) is 7.49. The number of nitrogens with two attached hydrogens (primary N) is 1. The van der Waals surface area contributed by atoms with E-state index in [4.69, 9.17) is 5.73 Å². The van der Waals surface area contributed by atoms with Crippen molar-refractivity contribution >= 4 is 11.7 Å². The molecule has 6 heteroatoms. The van der Waals surface area contributed by atoms with Gasteiger partial charge < -0.3 is 11.1 Å². The van der Waals surface area contributed by atoms with Gasteiger partial charge in [-0.2, -0.15) is 0 Å². The summed E-state index contributed by atoms with van der Waals surface area (Å²) < 4.78 is 25.9. The minimum atomic E-state index is -1.06. The summed E-state index contributed by atoms with van der Waals surface area (Å²) in [5.74, 6) is -2.35. The highest BCUT2D eigenvalue weighted by atomic mass is 19.2. The average Bonchev–Trinajstić information content (AvgIpc) is 2.94. The smallest absolute Gasteiger partial charge is 0.220 e. The molecular weight excluding hydrogens is 290 g/mol.